The molecule has 0 saturated heterocycles. The Bertz CT molecular complexity index is 898. The molecule has 1 aromatic carbocycles. The maximum atomic E-state index is 13.6. The molecule has 1 heterocycles. The second-order valence-corrected chi connectivity index (χ2v) is 7.10. The molecule has 0 saturated carbocycles. The summed E-state index contributed by atoms with van der Waals surface area (Å²) in [6.07, 6.45) is -3.96. The number of methoxy groups -OCH3 is 1. The summed E-state index contributed by atoms with van der Waals surface area (Å²) in [6, 6.07) is 3.93. The van der Waals surface area contributed by atoms with Crippen molar-refractivity contribution in [3.8, 4) is 0 Å². The number of aromatic carboxylic acids is 1. The Morgan fingerprint density at radius 3 is 2.36 bits per heavy atom. The van der Waals surface area contributed by atoms with Crippen molar-refractivity contribution in [3.63, 3.8) is 0 Å². The first-order chi connectivity index (χ1) is 12.8. The Kier molecular flexibility index (Phi) is 5.83. The summed E-state index contributed by atoms with van der Waals surface area (Å²) >= 11 is 0. The highest BCUT2D eigenvalue weighted by molar-refractivity contribution is 6.05. The van der Waals surface area contributed by atoms with Crippen molar-refractivity contribution in [2.45, 2.75) is 39.1 Å². The fraction of sp³-hybridized carbons (Fsp3) is 0.389. The number of carboxylic acid groups (broad SMARTS) is 1. The number of nitrogens with one attached hydrogen (secondary N) is 1. The monoisotopic (exact) mass is 399 g/mol. The highest BCUT2D eigenvalue weighted by Crippen LogP contribution is 2.35. The van der Waals surface area contributed by atoms with Gasteiger partial charge in [-0.25, -0.2) is 4.79 Å². The summed E-state index contributed by atoms with van der Waals surface area (Å²) in [4.78, 5) is 23.8. The average Bonchev–Trinajstić information content (AvgIpc) is 3.00. The number of amides is 1. The van der Waals surface area contributed by atoms with E-state index >= 15 is 0 Å². The Labute approximate surface area is 159 Å². The number of hydrogen-bond acceptors (Lipinski definition) is 4. The number of aromatic nitrogens is 2. The van der Waals surface area contributed by atoms with E-state index in [9.17, 15) is 27.9 Å². The van der Waals surface area contributed by atoms with Gasteiger partial charge in [0, 0.05) is 12.8 Å². The van der Waals surface area contributed by atoms with E-state index in [1.54, 1.807) is 0 Å². The van der Waals surface area contributed by atoms with Crippen LogP contribution in [0.15, 0.2) is 24.4 Å². The molecule has 0 fully saturated rings. The maximum absolute atomic E-state index is 13.6. The van der Waals surface area contributed by atoms with Gasteiger partial charge < -0.3 is 15.2 Å². The van der Waals surface area contributed by atoms with E-state index in [0.717, 1.165) is 16.9 Å². The standard InChI is InChI=1S/C18H20F3N3O4/c1-17(2,3)24-14(18(19,20)21)13(8-22-24)15(25)23-12-6-10(9-28-4)5-11(7-12)16(26)27/h5-8H,9H2,1-4H3,(H,23,25)(H,26,27). The number of halogens is 3. The number of nitrogens with zero attached hydrogens (tertiary/aromatic N) is 2. The molecule has 0 aliphatic rings. The van der Waals surface area contributed by atoms with E-state index in [0.29, 0.717) is 5.56 Å². The Morgan fingerprint density at radius 1 is 1.21 bits per heavy atom. The average molecular weight is 399 g/mol. The van der Waals surface area contributed by atoms with Crippen LogP contribution in [0.25, 0.3) is 0 Å². The Hall–Kier alpha value is -2.88. The number of alkyl halides is 3. The Morgan fingerprint density at radius 2 is 1.86 bits per heavy atom. The van der Waals surface area contributed by atoms with Gasteiger partial charge in [-0.2, -0.15) is 18.3 Å². The van der Waals surface area contributed by atoms with Crippen LogP contribution in [-0.4, -0.2) is 33.9 Å². The quantitative estimate of drug-likeness (QED) is 0.799. The number of carbonyl (C=O) groups excluding carboxylic acids is 1. The lowest BCUT2D eigenvalue weighted by Crippen LogP contribution is -2.30. The molecule has 0 aliphatic heterocycles. The summed E-state index contributed by atoms with van der Waals surface area (Å²) < 4.78 is 46.4. The molecule has 7 nitrogen and oxygen atoms in total. The van der Waals surface area contributed by atoms with E-state index in [4.69, 9.17) is 4.74 Å². The van der Waals surface area contributed by atoms with Gasteiger partial charge in [0.15, 0.2) is 5.69 Å². The molecule has 152 valence electrons. The van der Waals surface area contributed by atoms with Crippen LogP contribution < -0.4 is 5.32 Å². The van der Waals surface area contributed by atoms with Crippen LogP contribution in [0.5, 0.6) is 0 Å². The van der Waals surface area contributed by atoms with E-state index in [1.165, 1.54) is 40.0 Å². The molecular formula is C18H20F3N3O4. The highest BCUT2D eigenvalue weighted by atomic mass is 19.4. The van der Waals surface area contributed by atoms with Crippen molar-refractivity contribution in [3.05, 3.63) is 46.8 Å². The number of carboxylic acids is 1. The third-order valence-corrected chi connectivity index (χ3v) is 3.73. The predicted octanol–water partition coefficient (Wildman–Crippen LogP) is 3.75. The maximum Gasteiger partial charge on any atom is 0.433 e. The van der Waals surface area contributed by atoms with Crippen molar-refractivity contribution in [2.24, 2.45) is 0 Å². The lowest BCUT2D eigenvalue weighted by molar-refractivity contribution is -0.146. The number of ether oxygens (including phenoxy) is 1. The fourth-order valence-electron chi connectivity index (χ4n) is 2.63. The molecule has 2 N–H and O–H groups in total. The van der Waals surface area contributed by atoms with E-state index < -0.39 is 34.8 Å². The van der Waals surface area contributed by atoms with Crippen molar-refractivity contribution in [2.75, 3.05) is 12.4 Å². The van der Waals surface area contributed by atoms with Crippen LogP contribution in [0.3, 0.4) is 0 Å². The minimum absolute atomic E-state index is 0.0357. The first kappa shape index (κ1) is 21.4. The lowest BCUT2D eigenvalue weighted by Gasteiger charge is -2.23. The van der Waals surface area contributed by atoms with Crippen molar-refractivity contribution in [1.82, 2.24) is 9.78 Å². The molecule has 0 bridgehead atoms. The number of benzene rings is 1. The van der Waals surface area contributed by atoms with Crippen molar-refractivity contribution < 1.29 is 32.6 Å². The molecule has 0 atom stereocenters. The summed E-state index contributed by atoms with van der Waals surface area (Å²) in [5.41, 5.74) is -2.49. The van der Waals surface area contributed by atoms with Gasteiger partial charge in [0.2, 0.25) is 0 Å². The van der Waals surface area contributed by atoms with Crippen LogP contribution in [0.2, 0.25) is 0 Å². The van der Waals surface area contributed by atoms with Gasteiger partial charge in [-0.15, -0.1) is 0 Å². The van der Waals surface area contributed by atoms with Crippen LogP contribution >= 0.6 is 0 Å². The molecule has 10 heteroatoms. The number of hydrogen-bond donors (Lipinski definition) is 2. The SMILES string of the molecule is COCc1cc(NC(=O)c2cnn(C(C)(C)C)c2C(F)(F)F)cc(C(=O)O)c1. The van der Waals surface area contributed by atoms with Crippen LogP contribution in [0.4, 0.5) is 18.9 Å². The minimum atomic E-state index is -4.80. The first-order valence-electron chi connectivity index (χ1n) is 8.18. The summed E-state index contributed by atoms with van der Waals surface area (Å²) in [5.74, 6) is -2.29. The molecule has 2 aromatic rings. The second kappa shape index (κ2) is 7.63. The predicted molar refractivity (Wildman–Crippen MR) is 94.3 cm³/mol. The normalized spacial score (nSPS) is 12.1. The van der Waals surface area contributed by atoms with E-state index in [2.05, 4.69) is 10.4 Å². The van der Waals surface area contributed by atoms with Gasteiger partial charge in [-0.1, -0.05) is 0 Å². The second-order valence-electron chi connectivity index (χ2n) is 7.10. The van der Waals surface area contributed by atoms with Crippen LogP contribution in [-0.2, 0) is 23.1 Å². The molecule has 0 unspecified atom stereocenters. The minimum Gasteiger partial charge on any atom is -0.478 e. The largest absolute Gasteiger partial charge is 0.478 e. The molecule has 1 amide bonds. The van der Waals surface area contributed by atoms with Gasteiger partial charge in [0.1, 0.15) is 0 Å². The molecule has 0 radical (unpaired) electrons. The topological polar surface area (TPSA) is 93.5 Å². The zero-order valence-corrected chi connectivity index (χ0v) is 15.7. The third-order valence-electron chi connectivity index (χ3n) is 3.73. The first-order valence-corrected chi connectivity index (χ1v) is 8.18. The van der Waals surface area contributed by atoms with Crippen LogP contribution in [0.1, 0.15) is 52.7 Å². The third kappa shape index (κ3) is 4.69. The van der Waals surface area contributed by atoms with Gasteiger partial charge in [0.05, 0.1) is 29.5 Å². The number of anilines is 1. The van der Waals surface area contributed by atoms with Crippen LogP contribution in [0, 0.1) is 0 Å². The summed E-state index contributed by atoms with van der Waals surface area (Å²) in [7, 11) is 1.40. The lowest BCUT2D eigenvalue weighted by atomic mass is 10.1. The molecule has 28 heavy (non-hydrogen) atoms. The zero-order valence-electron chi connectivity index (χ0n) is 15.7. The summed E-state index contributed by atoms with van der Waals surface area (Å²) in [6.45, 7) is 4.67. The van der Waals surface area contributed by atoms with Gasteiger partial charge in [0.25, 0.3) is 5.91 Å². The van der Waals surface area contributed by atoms with Gasteiger partial charge in [-0.05, 0) is 44.5 Å². The van der Waals surface area contributed by atoms with Crippen molar-refractivity contribution in [1.29, 1.82) is 0 Å². The smallest absolute Gasteiger partial charge is 0.433 e. The van der Waals surface area contributed by atoms with Gasteiger partial charge in [-0.3, -0.25) is 9.48 Å². The van der Waals surface area contributed by atoms with Gasteiger partial charge >= 0.3 is 12.1 Å². The van der Waals surface area contributed by atoms with E-state index in [1.807, 2.05) is 0 Å². The molecular weight excluding hydrogens is 379 g/mol. The summed E-state index contributed by atoms with van der Waals surface area (Å²) in [5, 5.41) is 15.2. The Balaban J connectivity index is 2.46. The molecule has 0 aliphatic carbocycles. The highest BCUT2D eigenvalue weighted by Gasteiger charge is 2.42. The molecule has 0 spiro atoms. The zero-order chi connectivity index (χ0) is 21.3. The fourth-order valence-corrected chi connectivity index (χ4v) is 2.63. The number of rotatable bonds is 5. The van der Waals surface area contributed by atoms with Crippen molar-refractivity contribution >= 4 is 17.6 Å². The molecule has 2 rings (SSSR count). The molecule has 1 aromatic heterocycles. The van der Waals surface area contributed by atoms with E-state index in [-0.39, 0.29) is 17.9 Å². The number of carbonyl (C=O) groups is 2.